The summed E-state index contributed by atoms with van der Waals surface area (Å²) in [4.78, 5) is 27.3. The number of ketones is 1. The van der Waals surface area contributed by atoms with Gasteiger partial charge in [-0.05, 0) is 30.5 Å². The van der Waals surface area contributed by atoms with Crippen molar-refractivity contribution < 1.29 is 24.2 Å². The fourth-order valence-electron chi connectivity index (χ4n) is 3.69. The molecule has 6 heteroatoms. The minimum Gasteiger partial charge on any atom is -0.507 e. The number of hydrogen-bond donors (Lipinski definition) is 1. The van der Waals surface area contributed by atoms with Crippen molar-refractivity contribution in [3.63, 3.8) is 0 Å². The molecule has 164 valence electrons. The van der Waals surface area contributed by atoms with Crippen molar-refractivity contribution in [2.24, 2.45) is 0 Å². The Labute approximate surface area is 183 Å². The number of benzene rings is 2. The zero-order valence-electron chi connectivity index (χ0n) is 18.0. The molecular formula is C25H29NO5. The molecule has 1 unspecified atom stereocenters. The number of carbonyl (C=O) groups excluding carboxylic acids is 2. The highest BCUT2D eigenvalue weighted by Crippen LogP contribution is 2.39. The summed E-state index contributed by atoms with van der Waals surface area (Å²) >= 11 is 0. The van der Waals surface area contributed by atoms with E-state index in [1.807, 2.05) is 36.4 Å². The van der Waals surface area contributed by atoms with Crippen LogP contribution < -0.4 is 4.74 Å². The molecule has 2 aromatic carbocycles. The summed E-state index contributed by atoms with van der Waals surface area (Å²) in [7, 11) is 1.60. The Bertz CT molecular complexity index is 938. The van der Waals surface area contributed by atoms with Gasteiger partial charge < -0.3 is 19.5 Å². The van der Waals surface area contributed by atoms with Crippen molar-refractivity contribution in [2.75, 3.05) is 26.9 Å². The molecular weight excluding hydrogens is 394 g/mol. The number of rotatable bonds is 10. The fourth-order valence-corrected chi connectivity index (χ4v) is 3.69. The number of carbonyl (C=O) groups is 2. The summed E-state index contributed by atoms with van der Waals surface area (Å²) in [6, 6.07) is 15.6. The van der Waals surface area contributed by atoms with E-state index in [2.05, 4.69) is 6.92 Å². The van der Waals surface area contributed by atoms with Crippen LogP contribution in [0, 0.1) is 0 Å². The lowest BCUT2D eigenvalue weighted by molar-refractivity contribution is -0.140. The summed E-state index contributed by atoms with van der Waals surface area (Å²) in [6.07, 6.45) is 2.54. The number of amides is 1. The van der Waals surface area contributed by atoms with E-state index in [-0.39, 0.29) is 11.3 Å². The second-order valence-corrected chi connectivity index (χ2v) is 7.48. The standard InChI is InChI=1S/C25H29NO5/c1-3-4-16-31-20-13-8-12-19(17-20)23(27)21-22(18-10-6-5-7-11-18)26(14-9-15-30-2)25(29)24(21)28/h5-8,10-13,17,22,27H,3-4,9,14-16H2,1-2H3/b23-21+. The van der Waals surface area contributed by atoms with Crippen LogP contribution in [0.25, 0.3) is 5.76 Å². The van der Waals surface area contributed by atoms with Gasteiger partial charge in [0.2, 0.25) is 0 Å². The third-order valence-electron chi connectivity index (χ3n) is 5.28. The van der Waals surface area contributed by atoms with Gasteiger partial charge in [-0.2, -0.15) is 0 Å². The molecule has 1 aliphatic rings. The molecule has 1 saturated heterocycles. The van der Waals surface area contributed by atoms with Crippen LogP contribution in [0.5, 0.6) is 5.75 Å². The summed E-state index contributed by atoms with van der Waals surface area (Å²) in [5, 5.41) is 11.1. The van der Waals surface area contributed by atoms with Crippen molar-refractivity contribution in [1.82, 2.24) is 4.90 Å². The lowest BCUT2D eigenvalue weighted by Gasteiger charge is -2.25. The lowest BCUT2D eigenvalue weighted by atomic mass is 9.95. The average molecular weight is 424 g/mol. The third-order valence-corrected chi connectivity index (χ3v) is 5.28. The summed E-state index contributed by atoms with van der Waals surface area (Å²) in [5.74, 6) is -0.867. The Kier molecular flexibility index (Phi) is 7.84. The highest BCUT2D eigenvalue weighted by Gasteiger charge is 2.45. The third kappa shape index (κ3) is 5.14. The number of aliphatic hydroxyl groups is 1. The van der Waals surface area contributed by atoms with Crippen molar-refractivity contribution >= 4 is 17.4 Å². The Balaban J connectivity index is 2.01. The molecule has 1 fully saturated rings. The minimum atomic E-state index is -0.680. The number of aliphatic hydroxyl groups excluding tert-OH is 1. The van der Waals surface area contributed by atoms with Crippen molar-refractivity contribution in [2.45, 2.75) is 32.2 Å². The van der Waals surface area contributed by atoms with Crippen LogP contribution in [0.3, 0.4) is 0 Å². The second-order valence-electron chi connectivity index (χ2n) is 7.48. The van der Waals surface area contributed by atoms with E-state index in [4.69, 9.17) is 9.47 Å². The maximum Gasteiger partial charge on any atom is 0.295 e. The van der Waals surface area contributed by atoms with Crippen LogP contribution in [0.1, 0.15) is 43.4 Å². The van der Waals surface area contributed by atoms with Crippen molar-refractivity contribution in [1.29, 1.82) is 0 Å². The number of likely N-dealkylation sites (tertiary alicyclic amines) is 1. The van der Waals surface area contributed by atoms with Crippen molar-refractivity contribution in [3.8, 4) is 5.75 Å². The van der Waals surface area contributed by atoms with Gasteiger partial charge >= 0.3 is 0 Å². The number of ether oxygens (including phenoxy) is 2. The number of methoxy groups -OCH3 is 1. The number of unbranched alkanes of at least 4 members (excludes halogenated alkanes) is 1. The first-order valence-electron chi connectivity index (χ1n) is 10.6. The van der Waals surface area contributed by atoms with E-state index in [0.29, 0.717) is 37.5 Å². The number of hydrogen-bond acceptors (Lipinski definition) is 5. The normalized spacial score (nSPS) is 17.9. The first kappa shape index (κ1) is 22.6. The van der Waals surface area contributed by atoms with Gasteiger partial charge in [-0.1, -0.05) is 55.8 Å². The zero-order chi connectivity index (χ0) is 22.2. The van der Waals surface area contributed by atoms with E-state index in [0.717, 1.165) is 18.4 Å². The predicted molar refractivity (Wildman–Crippen MR) is 119 cm³/mol. The molecule has 3 rings (SSSR count). The van der Waals surface area contributed by atoms with Gasteiger partial charge in [-0.25, -0.2) is 0 Å². The van der Waals surface area contributed by atoms with Crippen LogP contribution in [0.15, 0.2) is 60.2 Å². The van der Waals surface area contributed by atoms with Crippen LogP contribution >= 0.6 is 0 Å². The highest BCUT2D eigenvalue weighted by atomic mass is 16.5. The Hall–Kier alpha value is -3.12. The summed E-state index contributed by atoms with van der Waals surface area (Å²) in [5.41, 5.74) is 1.32. The zero-order valence-corrected chi connectivity index (χ0v) is 18.0. The van der Waals surface area contributed by atoms with E-state index < -0.39 is 17.7 Å². The minimum absolute atomic E-state index is 0.0966. The molecule has 0 saturated carbocycles. The smallest absolute Gasteiger partial charge is 0.295 e. The molecule has 1 aliphatic heterocycles. The molecule has 6 nitrogen and oxygen atoms in total. The molecule has 0 radical (unpaired) electrons. The lowest BCUT2D eigenvalue weighted by Crippen LogP contribution is -2.31. The maximum absolute atomic E-state index is 13.0. The van der Waals surface area contributed by atoms with Gasteiger partial charge in [-0.3, -0.25) is 9.59 Å². The molecule has 1 heterocycles. The van der Waals surface area contributed by atoms with E-state index >= 15 is 0 Å². The molecule has 1 N–H and O–H groups in total. The highest BCUT2D eigenvalue weighted by molar-refractivity contribution is 6.46. The van der Waals surface area contributed by atoms with Crippen LogP contribution in [0.2, 0.25) is 0 Å². The van der Waals surface area contributed by atoms with Gasteiger partial charge in [-0.15, -0.1) is 0 Å². The summed E-state index contributed by atoms with van der Waals surface area (Å²) < 4.78 is 10.8. The van der Waals surface area contributed by atoms with Crippen LogP contribution in [0.4, 0.5) is 0 Å². The molecule has 1 atom stereocenters. The van der Waals surface area contributed by atoms with Gasteiger partial charge in [0.25, 0.3) is 11.7 Å². The quantitative estimate of drug-likeness (QED) is 0.267. The molecule has 31 heavy (non-hydrogen) atoms. The molecule has 0 aromatic heterocycles. The predicted octanol–water partition coefficient (Wildman–Crippen LogP) is 4.32. The van der Waals surface area contributed by atoms with Gasteiger partial charge in [0.1, 0.15) is 11.5 Å². The van der Waals surface area contributed by atoms with Gasteiger partial charge in [0.15, 0.2) is 0 Å². The van der Waals surface area contributed by atoms with Crippen LogP contribution in [-0.4, -0.2) is 48.6 Å². The fraction of sp³-hybridized carbons (Fsp3) is 0.360. The van der Waals surface area contributed by atoms with Crippen molar-refractivity contribution in [3.05, 3.63) is 71.3 Å². The molecule has 1 amide bonds. The monoisotopic (exact) mass is 423 g/mol. The molecule has 2 aromatic rings. The Morgan fingerprint density at radius 2 is 1.81 bits per heavy atom. The van der Waals surface area contributed by atoms with Gasteiger partial charge in [0, 0.05) is 25.8 Å². The Morgan fingerprint density at radius 1 is 1.03 bits per heavy atom. The topological polar surface area (TPSA) is 76.1 Å². The number of nitrogens with zero attached hydrogens (tertiary/aromatic N) is 1. The summed E-state index contributed by atoms with van der Waals surface area (Å²) in [6.45, 7) is 3.49. The molecule has 0 spiro atoms. The first-order valence-corrected chi connectivity index (χ1v) is 10.6. The SMILES string of the molecule is CCCCOc1cccc(/C(O)=C2\C(=O)C(=O)N(CCCOC)C2c2ccccc2)c1. The first-order chi connectivity index (χ1) is 15.1. The Morgan fingerprint density at radius 3 is 2.52 bits per heavy atom. The average Bonchev–Trinajstić information content (AvgIpc) is 3.05. The van der Waals surface area contributed by atoms with E-state index in [1.54, 1.807) is 25.3 Å². The maximum atomic E-state index is 13.0. The molecule has 0 aliphatic carbocycles. The largest absolute Gasteiger partial charge is 0.507 e. The van der Waals surface area contributed by atoms with Gasteiger partial charge in [0.05, 0.1) is 18.2 Å². The van der Waals surface area contributed by atoms with E-state index in [9.17, 15) is 14.7 Å². The van der Waals surface area contributed by atoms with Crippen LogP contribution in [-0.2, 0) is 14.3 Å². The molecule has 0 bridgehead atoms. The van der Waals surface area contributed by atoms with E-state index in [1.165, 1.54) is 4.90 Å². The number of Topliss-reactive ketones (excluding diaryl/α,β-unsaturated/α-hetero) is 1. The second kappa shape index (κ2) is 10.8.